The van der Waals surface area contributed by atoms with Gasteiger partial charge in [-0.05, 0) is 38.0 Å². The third-order valence-corrected chi connectivity index (χ3v) is 5.17. The minimum atomic E-state index is -0.907. The molecule has 1 heterocycles. The van der Waals surface area contributed by atoms with E-state index in [0.29, 0.717) is 0 Å². The molecule has 34 heavy (non-hydrogen) atoms. The van der Waals surface area contributed by atoms with Crippen molar-refractivity contribution < 1.29 is 19.1 Å². The number of likely N-dealkylation sites (N-methyl/N-ethyl adjacent to an activating group) is 1. The van der Waals surface area contributed by atoms with Crippen molar-refractivity contribution in [1.82, 2.24) is 20.5 Å². The highest BCUT2D eigenvalue weighted by atomic mass is 16.5. The molecular formula is C26H32N4O4. The number of hydrogen-bond acceptors (Lipinski definition) is 4. The molecule has 3 amide bonds. The number of carbonyl (C=O) groups is 3. The molecule has 180 valence electrons. The fourth-order valence-corrected chi connectivity index (χ4v) is 3.64. The summed E-state index contributed by atoms with van der Waals surface area (Å²) in [6, 6.07) is 16.1. The molecule has 0 aliphatic rings. The van der Waals surface area contributed by atoms with Gasteiger partial charge in [-0.2, -0.15) is 0 Å². The molecule has 3 aromatic rings. The number of aromatic nitrogens is 1. The van der Waals surface area contributed by atoms with Gasteiger partial charge in [0, 0.05) is 36.1 Å². The number of benzene rings is 2. The Morgan fingerprint density at radius 3 is 2.41 bits per heavy atom. The van der Waals surface area contributed by atoms with Crippen molar-refractivity contribution in [1.29, 1.82) is 0 Å². The molecule has 0 saturated heterocycles. The Morgan fingerprint density at radius 1 is 1.03 bits per heavy atom. The first-order chi connectivity index (χ1) is 16.1. The number of fused-ring (bicyclic) bond motifs is 1. The van der Waals surface area contributed by atoms with Crippen LogP contribution < -0.4 is 10.6 Å². The van der Waals surface area contributed by atoms with Crippen LogP contribution in [0, 0.1) is 0 Å². The van der Waals surface area contributed by atoms with E-state index in [2.05, 4.69) is 15.6 Å². The van der Waals surface area contributed by atoms with Gasteiger partial charge >= 0.3 is 6.09 Å². The van der Waals surface area contributed by atoms with Gasteiger partial charge in [0.15, 0.2) is 0 Å². The van der Waals surface area contributed by atoms with E-state index in [9.17, 15) is 14.4 Å². The maximum absolute atomic E-state index is 13.3. The number of hydrogen-bond donors (Lipinski definition) is 3. The first-order valence-corrected chi connectivity index (χ1v) is 11.2. The lowest BCUT2D eigenvalue weighted by molar-refractivity contribution is -0.136. The summed E-state index contributed by atoms with van der Waals surface area (Å²) < 4.78 is 5.33. The van der Waals surface area contributed by atoms with E-state index in [4.69, 9.17) is 4.74 Å². The number of amides is 3. The molecule has 0 saturated carbocycles. The number of carbonyl (C=O) groups excluding carboxylic acids is 3. The van der Waals surface area contributed by atoms with E-state index in [0.717, 1.165) is 22.0 Å². The molecule has 0 aliphatic carbocycles. The van der Waals surface area contributed by atoms with Crippen LogP contribution in [0.15, 0.2) is 60.8 Å². The Kier molecular flexibility index (Phi) is 7.94. The first kappa shape index (κ1) is 24.8. The second-order valence-corrected chi connectivity index (χ2v) is 9.31. The van der Waals surface area contributed by atoms with E-state index in [-0.39, 0.29) is 31.4 Å². The van der Waals surface area contributed by atoms with Crippen LogP contribution in [0.2, 0.25) is 0 Å². The highest BCUT2D eigenvalue weighted by Gasteiger charge is 2.27. The molecule has 8 nitrogen and oxygen atoms in total. The van der Waals surface area contributed by atoms with Gasteiger partial charge in [-0.25, -0.2) is 4.79 Å². The zero-order chi connectivity index (χ0) is 24.7. The first-order valence-electron chi connectivity index (χ1n) is 11.2. The third kappa shape index (κ3) is 7.10. The zero-order valence-corrected chi connectivity index (χ0v) is 20.1. The maximum atomic E-state index is 13.3. The molecule has 0 aliphatic heterocycles. The predicted molar refractivity (Wildman–Crippen MR) is 131 cm³/mol. The summed E-state index contributed by atoms with van der Waals surface area (Å²) in [4.78, 5) is 42.7. The standard InChI is InChI=1S/C26H32N4O4/c1-26(2,3)29-23(31)16-30(4)24(32)22(14-19-15-27-21-13-9-8-12-20(19)21)28-25(33)34-17-18-10-6-5-7-11-18/h5-13,15,22,27H,14,16-17H2,1-4H3,(H,28,33)(H,29,31)/t22-/m0/s1. The van der Waals surface area contributed by atoms with Crippen LogP contribution in [-0.2, 0) is 27.4 Å². The van der Waals surface area contributed by atoms with Crippen LogP contribution >= 0.6 is 0 Å². The van der Waals surface area contributed by atoms with Gasteiger partial charge < -0.3 is 25.3 Å². The summed E-state index contributed by atoms with van der Waals surface area (Å²) in [5.41, 5.74) is 2.25. The van der Waals surface area contributed by atoms with Gasteiger partial charge in [0.25, 0.3) is 0 Å². The summed E-state index contributed by atoms with van der Waals surface area (Å²) in [6.45, 7) is 5.58. The van der Waals surface area contributed by atoms with Crippen molar-refractivity contribution >= 4 is 28.8 Å². The number of ether oxygens (including phenoxy) is 1. The molecule has 0 unspecified atom stereocenters. The van der Waals surface area contributed by atoms with Gasteiger partial charge in [0.05, 0.1) is 6.54 Å². The highest BCUT2D eigenvalue weighted by Crippen LogP contribution is 2.19. The number of H-pyrrole nitrogens is 1. The van der Waals surface area contributed by atoms with Crippen molar-refractivity contribution in [2.45, 2.75) is 45.4 Å². The zero-order valence-electron chi connectivity index (χ0n) is 20.1. The topological polar surface area (TPSA) is 104 Å². The molecule has 0 bridgehead atoms. The number of rotatable bonds is 8. The monoisotopic (exact) mass is 464 g/mol. The van der Waals surface area contributed by atoms with Crippen LogP contribution in [0.3, 0.4) is 0 Å². The minimum absolute atomic E-state index is 0.0878. The van der Waals surface area contributed by atoms with Crippen LogP contribution in [0.25, 0.3) is 10.9 Å². The summed E-state index contributed by atoms with van der Waals surface area (Å²) in [5, 5.41) is 6.50. The molecule has 1 aromatic heterocycles. The smallest absolute Gasteiger partial charge is 0.408 e. The fraction of sp³-hybridized carbons (Fsp3) is 0.346. The van der Waals surface area contributed by atoms with Crippen LogP contribution in [-0.4, -0.2) is 53.0 Å². The quantitative estimate of drug-likeness (QED) is 0.475. The average molecular weight is 465 g/mol. The fourth-order valence-electron chi connectivity index (χ4n) is 3.64. The second-order valence-electron chi connectivity index (χ2n) is 9.31. The van der Waals surface area contributed by atoms with Crippen molar-refractivity contribution in [2.24, 2.45) is 0 Å². The Balaban J connectivity index is 1.73. The predicted octanol–water partition coefficient (Wildman–Crippen LogP) is 3.38. The van der Waals surface area contributed by atoms with Gasteiger partial charge in [-0.1, -0.05) is 48.5 Å². The Bertz CT molecular complexity index is 1130. The van der Waals surface area contributed by atoms with Crippen LogP contribution in [0.1, 0.15) is 31.9 Å². The molecule has 3 N–H and O–H groups in total. The number of nitrogens with one attached hydrogen (secondary N) is 3. The van der Waals surface area contributed by atoms with Gasteiger partial charge in [-0.15, -0.1) is 0 Å². The number of aromatic amines is 1. The molecule has 0 spiro atoms. The van der Waals surface area contributed by atoms with E-state index in [1.807, 2.05) is 81.6 Å². The number of para-hydroxylation sites is 1. The van der Waals surface area contributed by atoms with Gasteiger partial charge in [0.1, 0.15) is 12.6 Å². The van der Waals surface area contributed by atoms with E-state index in [1.54, 1.807) is 7.05 Å². The molecule has 1 atom stereocenters. The molecule has 8 heteroatoms. The molecule has 0 radical (unpaired) electrons. The average Bonchev–Trinajstić information content (AvgIpc) is 3.19. The number of alkyl carbamates (subject to hydrolysis) is 1. The third-order valence-electron chi connectivity index (χ3n) is 5.17. The van der Waals surface area contributed by atoms with Gasteiger partial charge in [0.2, 0.25) is 11.8 Å². The lowest BCUT2D eigenvalue weighted by Gasteiger charge is -2.26. The Labute approximate surface area is 199 Å². The molecule has 3 rings (SSSR count). The maximum Gasteiger partial charge on any atom is 0.408 e. The van der Waals surface area contributed by atoms with Crippen LogP contribution in [0.5, 0.6) is 0 Å². The molecule has 2 aromatic carbocycles. The lowest BCUT2D eigenvalue weighted by Crippen LogP contribution is -2.52. The largest absolute Gasteiger partial charge is 0.445 e. The van der Waals surface area contributed by atoms with Crippen molar-refractivity contribution in [3.05, 3.63) is 71.9 Å². The summed E-state index contributed by atoms with van der Waals surface area (Å²) in [7, 11) is 1.55. The van der Waals surface area contributed by atoms with Crippen molar-refractivity contribution in [2.75, 3.05) is 13.6 Å². The number of nitrogens with zero attached hydrogens (tertiary/aromatic N) is 1. The molecule has 0 fully saturated rings. The highest BCUT2D eigenvalue weighted by molar-refractivity contribution is 5.91. The normalized spacial score (nSPS) is 12.1. The lowest BCUT2D eigenvalue weighted by atomic mass is 10.0. The van der Waals surface area contributed by atoms with E-state index < -0.39 is 17.7 Å². The van der Waals surface area contributed by atoms with Crippen molar-refractivity contribution in [3.8, 4) is 0 Å². The second kappa shape index (κ2) is 10.9. The Hall–Kier alpha value is -3.81. The summed E-state index contributed by atoms with van der Waals surface area (Å²) >= 11 is 0. The van der Waals surface area contributed by atoms with E-state index in [1.165, 1.54) is 4.90 Å². The van der Waals surface area contributed by atoms with Crippen LogP contribution in [0.4, 0.5) is 4.79 Å². The Morgan fingerprint density at radius 2 is 1.71 bits per heavy atom. The van der Waals surface area contributed by atoms with Gasteiger partial charge in [-0.3, -0.25) is 9.59 Å². The SMILES string of the molecule is CN(CC(=O)NC(C)(C)C)C(=O)[C@H](Cc1c[nH]c2ccccc12)NC(=O)OCc1ccccc1. The van der Waals surface area contributed by atoms with Crippen molar-refractivity contribution in [3.63, 3.8) is 0 Å². The molecular weight excluding hydrogens is 432 g/mol. The minimum Gasteiger partial charge on any atom is -0.445 e. The summed E-state index contributed by atoms with van der Waals surface area (Å²) in [6.07, 6.45) is 1.37. The summed E-state index contributed by atoms with van der Waals surface area (Å²) in [5.74, 6) is -0.660. The van der Waals surface area contributed by atoms with E-state index >= 15 is 0 Å².